The molecule has 0 spiro atoms. The number of nitrogens with one attached hydrogen (secondary N) is 5. The number of carbonyl (C=O) groups excluding carboxylic acids is 4. The van der Waals surface area contributed by atoms with E-state index in [1.54, 1.807) is 47.7 Å². The fraction of sp³-hybridized carbons (Fsp3) is 0.667. The summed E-state index contributed by atoms with van der Waals surface area (Å²) in [5, 5.41) is 8.47. The predicted octanol–water partition coefficient (Wildman–Crippen LogP) is -0.0379. The van der Waals surface area contributed by atoms with Crippen molar-refractivity contribution in [2.45, 2.75) is 77.5 Å². The third kappa shape index (κ3) is 7.97. The zero-order valence-electron chi connectivity index (χ0n) is 19.4. The summed E-state index contributed by atoms with van der Waals surface area (Å²) in [6.45, 7) is 11.1. The second kappa shape index (κ2) is 10.3. The van der Waals surface area contributed by atoms with Gasteiger partial charge in [0.15, 0.2) is 11.6 Å². The number of amides is 1. The van der Waals surface area contributed by atoms with E-state index < -0.39 is 28.6 Å². The smallest absolute Gasteiger partial charge is 0.239 e. The van der Waals surface area contributed by atoms with Gasteiger partial charge in [0.2, 0.25) is 5.91 Å². The van der Waals surface area contributed by atoms with Crippen LogP contribution in [0.2, 0.25) is 0 Å². The number of ketones is 3. The van der Waals surface area contributed by atoms with Crippen molar-refractivity contribution in [3.05, 3.63) is 18.2 Å². The summed E-state index contributed by atoms with van der Waals surface area (Å²) < 4.78 is 0. The van der Waals surface area contributed by atoms with Gasteiger partial charge in [0.05, 0.1) is 36.0 Å². The van der Waals surface area contributed by atoms with Crippen molar-refractivity contribution in [2.75, 3.05) is 13.1 Å². The number of aromatic amines is 1. The Bertz CT molecular complexity index is 799. The van der Waals surface area contributed by atoms with Crippen LogP contribution in [0.15, 0.2) is 12.5 Å². The monoisotopic (exact) mass is 435 g/mol. The van der Waals surface area contributed by atoms with Crippen molar-refractivity contribution >= 4 is 23.3 Å². The van der Waals surface area contributed by atoms with E-state index in [0.29, 0.717) is 5.69 Å². The van der Waals surface area contributed by atoms with Gasteiger partial charge >= 0.3 is 0 Å². The number of rotatable bonds is 13. The molecular formula is C21H35N6O4. The van der Waals surface area contributed by atoms with Crippen LogP contribution in [0.3, 0.4) is 0 Å². The average molecular weight is 436 g/mol. The molecule has 0 aliphatic heterocycles. The molecule has 0 saturated carbocycles. The second-order valence-electron chi connectivity index (χ2n) is 9.31. The van der Waals surface area contributed by atoms with Crippen molar-refractivity contribution in [3.63, 3.8) is 0 Å². The third-order valence-corrected chi connectivity index (χ3v) is 5.39. The fourth-order valence-electron chi connectivity index (χ4n) is 2.44. The SMILES string of the molecule is CC(=O)C(C)(C)NCC(=O)C(C)(C)NCC(=O)C(C)(C)NC(=O)[C@@H]([NH])Cc1cnc[nH]1. The van der Waals surface area contributed by atoms with Crippen molar-refractivity contribution in [1.82, 2.24) is 31.7 Å². The Morgan fingerprint density at radius 3 is 1.97 bits per heavy atom. The minimum absolute atomic E-state index is 0.0327. The van der Waals surface area contributed by atoms with E-state index in [9.17, 15) is 19.2 Å². The molecule has 1 aromatic rings. The molecule has 1 radical (unpaired) electrons. The first-order chi connectivity index (χ1) is 14.1. The van der Waals surface area contributed by atoms with Crippen molar-refractivity contribution in [3.8, 4) is 0 Å². The van der Waals surface area contributed by atoms with Crippen LogP contribution in [0.1, 0.15) is 54.2 Å². The molecule has 0 bridgehead atoms. The van der Waals surface area contributed by atoms with Gasteiger partial charge in [-0.1, -0.05) is 0 Å². The van der Waals surface area contributed by atoms with Crippen LogP contribution >= 0.6 is 0 Å². The Labute approximate surface area is 183 Å². The van der Waals surface area contributed by atoms with E-state index in [0.717, 1.165) is 0 Å². The molecule has 0 saturated heterocycles. The quantitative estimate of drug-likeness (QED) is 0.339. The summed E-state index contributed by atoms with van der Waals surface area (Å²) >= 11 is 0. The number of H-pyrrole nitrogens is 1. The molecule has 10 nitrogen and oxygen atoms in total. The van der Waals surface area contributed by atoms with Crippen LogP contribution in [0.4, 0.5) is 0 Å². The molecule has 0 unspecified atom stereocenters. The van der Waals surface area contributed by atoms with Gasteiger partial charge < -0.3 is 10.3 Å². The molecule has 1 aromatic heterocycles. The van der Waals surface area contributed by atoms with Crippen LogP contribution < -0.4 is 21.7 Å². The van der Waals surface area contributed by atoms with Gasteiger partial charge in [-0.2, -0.15) is 0 Å². The van der Waals surface area contributed by atoms with Gasteiger partial charge in [-0.25, -0.2) is 10.7 Å². The summed E-state index contributed by atoms with van der Waals surface area (Å²) in [5.74, 6) is -1.19. The summed E-state index contributed by atoms with van der Waals surface area (Å²) in [7, 11) is 0. The number of hydrogen-bond acceptors (Lipinski definition) is 7. The first kappa shape index (κ1) is 26.6. The van der Waals surface area contributed by atoms with E-state index >= 15 is 0 Å². The van der Waals surface area contributed by atoms with Crippen LogP contribution in [0, 0.1) is 0 Å². The minimum Gasteiger partial charge on any atom is -0.348 e. The normalized spacial score (nSPS) is 13.5. The molecular weight excluding hydrogens is 400 g/mol. The number of aromatic nitrogens is 2. The Morgan fingerprint density at radius 1 is 0.968 bits per heavy atom. The van der Waals surface area contributed by atoms with E-state index in [4.69, 9.17) is 5.73 Å². The van der Waals surface area contributed by atoms with Gasteiger partial charge in [-0.05, 0) is 48.5 Å². The van der Waals surface area contributed by atoms with Crippen LogP contribution in [0.25, 0.3) is 0 Å². The first-order valence-electron chi connectivity index (χ1n) is 10.2. The molecule has 1 heterocycles. The van der Waals surface area contributed by atoms with Gasteiger partial charge in [0, 0.05) is 18.3 Å². The zero-order chi connectivity index (χ0) is 24.0. The van der Waals surface area contributed by atoms with E-state index in [2.05, 4.69) is 25.9 Å². The Hall–Kier alpha value is -2.43. The van der Waals surface area contributed by atoms with Gasteiger partial charge in [0.1, 0.15) is 11.8 Å². The fourth-order valence-corrected chi connectivity index (χ4v) is 2.44. The first-order valence-corrected chi connectivity index (χ1v) is 10.2. The summed E-state index contributed by atoms with van der Waals surface area (Å²) in [6, 6.07) is -1.09. The highest BCUT2D eigenvalue weighted by molar-refractivity contribution is 5.96. The topological polar surface area (TPSA) is 157 Å². The lowest BCUT2D eigenvalue weighted by Gasteiger charge is -2.31. The Kier molecular flexibility index (Phi) is 8.80. The molecule has 0 fully saturated rings. The summed E-state index contributed by atoms with van der Waals surface area (Å²) in [4.78, 5) is 55.9. The maximum Gasteiger partial charge on any atom is 0.239 e. The maximum absolute atomic E-state index is 12.7. The molecule has 1 atom stereocenters. The Morgan fingerprint density at radius 2 is 1.48 bits per heavy atom. The lowest BCUT2D eigenvalue weighted by atomic mass is 9.94. The highest BCUT2D eigenvalue weighted by atomic mass is 16.2. The number of hydrogen-bond donors (Lipinski definition) is 4. The van der Waals surface area contributed by atoms with Crippen LogP contribution in [-0.2, 0) is 25.6 Å². The molecule has 0 aliphatic carbocycles. The average Bonchev–Trinajstić information content (AvgIpc) is 3.16. The van der Waals surface area contributed by atoms with E-state index in [-0.39, 0.29) is 36.9 Å². The van der Waals surface area contributed by atoms with Gasteiger partial charge in [-0.3, -0.25) is 29.8 Å². The second-order valence-corrected chi connectivity index (χ2v) is 9.31. The molecule has 1 amide bonds. The molecule has 173 valence electrons. The molecule has 0 aliphatic rings. The zero-order valence-corrected chi connectivity index (χ0v) is 19.4. The third-order valence-electron chi connectivity index (χ3n) is 5.39. The van der Waals surface area contributed by atoms with Gasteiger partial charge in [0.25, 0.3) is 0 Å². The number of imidazole rings is 1. The Balaban J connectivity index is 2.60. The molecule has 1 rings (SSSR count). The highest BCUT2D eigenvalue weighted by Gasteiger charge is 2.35. The lowest BCUT2D eigenvalue weighted by Crippen LogP contribution is -2.59. The number of carbonyl (C=O) groups is 4. The van der Waals surface area contributed by atoms with Crippen LogP contribution in [-0.4, -0.2) is 69.0 Å². The van der Waals surface area contributed by atoms with Crippen molar-refractivity contribution in [1.29, 1.82) is 0 Å². The van der Waals surface area contributed by atoms with E-state index in [1.807, 2.05) is 0 Å². The van der Waals surface area contributed by atoms with Crippen LogP contribution in [0.5, 0.6) is 0 Å². The molecule has 10 heteroatoms. The number of nitrogens with zero attached hydrogens (tertiary/aromatic N) is 1. The number of Topliss-reactive ketones (excluding diaryl/α,β-unsaturated/α-hetero) is 3. The largest absolute Gasteiger partial charge is 0.348 e. The molecule has 5 N–H and O–H groups in total. The van der Waals surface area contributed by atoms with Gasteiger partial charge in [-0.15, -0.1) is 0 Å². The predicted molar refractivity (Wildman–Crippen MR) is 116 cm³/mol. The molecule has 0 aromatic carbocycles. The summed E-state index contributed by atoms with van der Waals surface area (Å²) in [5.41, 5.74) is 5.59. The highest BCUT2D eigenvalue weighted by Crippen LogP contribution is 2.10. The van der Waals surface area contributed by atoms with E-state index in [1.165, 1.54) is 13.3 Å². The van der Waals surface area contributed by atoms with Crippen molar-refractivity contribution in [2.24, 2.45) is 0 Å². The standard InChI is InChI=1S/C21H35N6O4/c1-13(28)19(2,3)25-10-16(29)20(4,5)26-11-17(30)21(6,7)27-18(31)15(22)8-14-9-23-12-24-14/h9,12,15,22,25-26H,8,10-11H2,1-7H3,(H,23,24)(H,27,31)/t15-/m0/s1. The summed E-state index contributed by atoms with van der Waals surface area (Å²) in [6.07, 6.45) is 3.17. The van der Waals surface area contributed by atoms with Crippen molar-refractivity contribution < 1.29 is 19.2 Å². The minimum atomic E-state index is -1.22. The molecule has 31 heavy (non-hydrogen) atoms. The maximum atomic E-state index is 12.7. The lowest BCUT2D eigenvalue weighted by molar-refractivity contribution is -0.132.